The maximum Gasteiger partial charge on any atom is 0.222 e. The molecule has 0 aliphatic carbocycles. The Morgan fingerprint density at radius 2 is 1.84 bits per heavy atom. The molecule has 1 saturated heterocycles. The highest BCUT2D eigenvalue weighted by Crippen LogP contribution is 2.22. The van der Waals surface area contributed by atoms with Crippen LogP contribution in [0.2, 0.25) is 0 Å². The number of amides is 1. The van der Waals surface area contributed by atoms with Gasteiger partial charge in [-0.25, -0.2) is 0 Å². The van der Waals surface area contributed by atoms with Gasteiger partial charge in [0.05, 0.1) is 0 Å². The number of nitrogens with zero attached hydrogens (tertiary/aromatic N) is 2. The number of likely N-dealkylation sites (tertiary alicyclic amines) is 1. The molecule has 0 radical (unpaired) electrons. The molecule has 104 valence electrons. The summed E-state index contributed by atoms with van der Waals surface area (Å²) in [5.74, 6) is 0.837. The van der Waals surface area contributed by atoms with E-state index in [1.807, 2.05) is 14.1 Å². The highest BCUT2D eigenvalue weighted by molar-refractivity contribution is 5.75. The zero-order chi connectivity index (χ0) is 13.7. The van der Waals surface area contributed by atoms with Gasteiger partial charge in [-0.1, -0.05) is 30.3 Å². The van der Waals surface area contributed by atoms with Crippen LogP contribution in [0.4, 0.5) is 0 Å². The fourth-order valence-corrected chi connectivity index (χ4v) is 2.62. The van der Waals surface area contributed by atoms with Gasteiger partial charge in [0.1, 0.15) is 0 Å². The van der Waals surface area contributed by atoms with Gasteiger partial charge in [-0.05, 0) is 37.4 Å². The normalized spacial score (nSPS) is 17.4. The Morgan fingerprint density at radius 1 is 1.21 bits per heavy atom. The zero-order valence-corrected chi connectivity index (χ0v) is 12.0. The van der Waals surface area contributed by atoms with E-state index < -0.39 is 0 Å². The molecule has 1 fully saturated rings. The molecule has 0 spiro atoms. The van der Waals surface area contributed by atoms with Gasteiger partial charge in [0.15, 0.2) is 0 Å². The van der Waals surface area contributed by atoms with E-state index in [-0.39, 0.29) is 5.91 Å². The van der Waals surface area contributed by atoms with Crippen LogP contribution < -0.4 is 0 Å². The molecule has 0 bridgehead atoms. The number of carbonyl (C=O) groups is 1. The third kappa shape index (κ3) is 4.35. The second kappa shape index (κ2) is 6.71. The van der Waals surface area contributed by atoms with Gasteiger partial charge in [-0.3, -0.25) is 9.69 Å². The molecular weight excluding hydrogens is 236 g/mol. The monoisotopic (exact) mass is 260 g/mol. The summed E-state index contributed by atoms with van der Waals surface area (Å²) in [5, 5.41) is 0. The van der Waals surface area contributed by atoms with Crippen molar-refractivity contribution in [3.63, 3.8) is 0 Å². The molecule has 0 unspecified atom stereocenters. The van der Waals surface area contributed by atoms with Crippen molar-refractivity contribution in [2.75, 3.05) is 27.2 Å². The van der Waals surface area contributed by atoms with E-state index in [1.54, 1.807) is 4.90 Å². The van der Waals surface area contributed by atoms with Crippen LogP contribution in [0.15, 0.2) is 30.3 Å². The van der Waals surface area contributed by atoms with Gasteiger partial charge in [-0.15, -0.1) is 0 Å². The Bertz CT molecular complexity index is 394. The highest BCUT2D eigenvalue weighted by Gasteiger charge is 2.21. The molecule has 1 aromatic carbocycles. The Hall–Kier alpha value is -1.35. The first kappa shape index (κ1) is 14.1. The van der Waals surface area contributed by atoms with E-state index in [0.29, 0.717) is 12.3 Å². The smallest absolute Gasteiger partial charge is 0.222 e. The average molecular weight is 260 g/mol. The maximum atomic E-state index is 11.7. The lowest BCUT2D eigenvalue weighted by atomic mass is 9.93. The van der Waals surface area contributed by atoms with Crippen LogP contribution in [-0.2, 0) is 11.3 Å². The molecule has 3 heteroatoms. The van der Waals surface area contributed by atoms with E-state index in [0.717, 1.165) is 32.5 Å². The van der Waals surface area contributed by atoms with Crippen molar-refractivity contribution < 1.29 is 4.79 Å². The zero-order valence-electron chi connectivity index (χ0n) is 12.0. The summed E-state index contributed by atoms with van der Waals surface area (Å²) < 4.78 is 0. The Kier molecular flexibility index (Phi) is 4.97. The minimum atomic E-state index is 0.265. The molecule has 0 saturated carbocycles. The van der Waals surface area contributed by atoms with Crippen LogP contribution in [-0.4, -0.2) is 42.9 Å². The van der Waals surface area contributed by atoms with Crippen LogP contribution in [0.3, 0.4) is 0 Å². The first-order chi connectivity index (χ1) is 9.15. The van der Waals surface area contributed by atoms with E-state index in [1.165, 1.54) is 5.56 Å². The van der Waals surface area contributed by atoms with Crippen molar-refractivity contribution in [2.24, 2.45) is 5.92 Å². The van der Waals surface area contributed by atoms with Crippen molar-refractivity contribution in [1.29, 1.82) is 0 Å². The molecule has 0 N–H and O–H groups in total. The summed E-state index contributed by atoms with van der Waals surface area (Å²) in [5.41, 5.74) is 1.38. The van der Waals surface area contributed by atoms with Gasteiger partial charge in [0, 0.05) is 27.1 Å². The fraction of sp³-hybridized carbons (Fsp3) is 0.562. The summed E-state index contributed by atoms with van der Waals surface area (Å²) in [7, 11) is 3.68. The van der Waals surface area contributed by atoms with Crippen LogP contribution in [0.1, 0.15) is 24.8 Å². The van der Waals surface area contributed by atoms with E-state index in [2.05, 4.69) is 35.2 Å². The summed E-state index contributed by atoms with van der Waals surface area (Å²) in [4.78, 5) is 15.9. The van der Waals surface area contributed by atoms with Crippen LogP contribution in [0.25, 0.3) is 0 Å². The fourth-order valence-electron chi connectivity index (χ4n) is 2.62. The Morgan fingerprint density at radius 3 is 2.42 bits per heavy atom. The van der Waals surface area contributed by atoms with Crippen molar-refractivity contribution in [3.8, 4) is 0 Å². The lowest BCUT2D eigenvalue weighted by Gasteiger charge is -2.32. The molecule has 0 atom stereocenters. The molecule has 1 aliphatic heterocycles. The third-order valence-corrected chi connectivity index (χ3v) is 3.92. The highest BCUT2D eigenvalue weighted by atomic mass is 16.2. The minimum absolute atomic E-state index is 0.265. The van der Waals surface area contributed by atoms with Crippen LogP contribution in [0.5, 0.6) is 0 Å². The molecule has 1 heterocycles. The topological polar surface area (TPSA) is 23.6 Å². The molecule has 2 rings (SSSR count). The van der Waals surface area contributed by atoms with Gasteiger partial charge < -0.3 is 4.90 Å². The summed E-state index contributed by atoms with van der Waals surface area (Å²) in [6.45, 7) is 3.26. The van der Waals surface area contributed by atoms with Crippen molar-refractivity contribution in [2.45, 2.75) is 25.8 Å². The number of hydrogen-bond acceptors (Lipinski definition) is 2. The van der Waals surface area contributed by atoms with Crippen molar-refractivity contribution in [1.82, 2.24) is 9.80 Å². The van der Waals surface area contributed by atoms with Crippen LogP contribution in [0, 0.1) is 5.92 Å². The first-order valence-corrected chi connectivity index (χ1v) is 7.11. The lowest BCUT2D eigenvalue weighted by Crippen LogP contribution is -2.35. The lowest BCUT2D eigenvalue weighted by molar-refractivity contribution is -0.130. The van der Waals surface area contributed by atoms with Crippen molar-refractivity contribution >= 4 is 5.91 Å². The Balaban J connectivity index is 1.75. The van der Waals surface area contributed by atoms with E-state index in [9.17, 15) is 4.79 Å². The molecule has 3 nitrogen and oxygen atoms in total. The van der Waals surface area contributed by atoms with E-state index in [4.69, 9.17) is 0 Å². The number of rotatable bonds is 4. The van der Waals surface area contributed by atoms with E-state index >= 15 is 0 Å². The second-order valence-corrected chi connectivity index (χ2v) is 5.70. The maximum absolute atomic E-state index is 11.7. The summed E-state index contributed by atoms with van der Waals surface area (Å²) in [6, 6.07) is 10.6. The van der Waals surface area contributed by atoms with Gasteiger partial charge in [0.2, 0.25) is 5.91 Å². The van der Waals surface area contributed by atoms with Gasteiger partial charge in [-0.2, -0.15) is 0 Å². The van der Waals surface area contributed by atoms with Crippen molar-refractivity contribution in [3.05, 3.63) is 35.9 Å². The standard InChI is InChI=1S/C16H24N2O/c1-17(2)16(19)12-14-8-10-18(11-9-14)13-15-6-4-3-5-7-15/h3-7,14H,8-13H2,1-2H3. The Labute approximate surface area is 116 Å². The predicted octanol–water partition coefficient (Wildman–Crippen LogP) is 2.38. The molecule has 1 amide bonds. The quantitative estimate of drug-likeness (QED) is 0.830. The number of piperidine rings is 1. The van der Waals surface area contributed by atoms with Gasteiger partial charge in [0.25, 0.3) is 0 Å². The average Bonchev–Trinajstić information content (AvgIpc) is 2.42. The predicted molar refractivity (Wildman–Crippen MR) is 77.8 cm³/mol. The second-order valence-electron chi connectivity index (χ2n) is 5.70. The first-order valence-electron chi connectivity index (χ1n) is 7.11. The molecule has 1 aromatic rings. The number of hydrogen-bond donors (Lipinski definition) is 0. The molecule has 1 aliphatic rings. The van der Waals surface area contributed by atoms with Gasteiger partial charge >= 0.3 is 0 Å². The molecule has 0 aromatic heterocycles. The van der Waals surface area contributed by atoms with Crippen LogP contribution >= 0.6 is 0 Å². The minimum Gasteiger partial charge on any atom is -0.349 e. The SMILES string of the molecule is CN(C)C(=O)CC1CCN(Cc2ccccc2)CC1. The largest absolute Gasteiger partial charge is 0.349 e. The number of carbonyl (C=O) groups excluding carboxylic acids is 1. The molecular formula is C16H24N2O. The summed E-state index contributed by atoms with van der Waals surface area (Å²) >= 11 is 0. The molecule has 19 heavy (non-hydrogen) atoms. The number of benzene rings is 1. The third-order valence-electron chi connectivity index (χ3n) is 3.92. The summed E-state index contributed by atoms with van der Waals surface area (Å²) in [6.07, 6.45) is 3.00.